The second kappa shape index (κ2) is 5.32. The van der Waals surface area contributed by atoms with Gasteiger partial charge in [0.15, 0.2) is 0 Å². The van der Waals surface area contributed by atoms with Crippen molar-refractivity contribution in [3.63, 3.8) is 0 Å². The highest BCUT2D eigenvalue weighted by Gasteiger charge is 2.11. The molecule has 2 rings (SSSR count). The Bertz CT molecular complexity index is 606. The van der Waals surface area contributed by atoms with Gasteiger partial charge in [-0.05, 0) is 44.2 Å². The Morgan fingerprint density at radius 2 is 2.05 bits per heavy atom. The number of anilines is 2. The van der Waals surface area contributed by atoms with Gasteiger partial charge < -0.3 is 16.8 Å². The molecular formula is C14H17N3OS. The van der Waals surface area contributed by atoms with E-state index in [2.05, 4.69) is 31.3 Å². The summed E-state index contributed by atoms with van der Waals surface area (Å²) >= 11 is 1.74. The molecule has 0 spiro atoms. The molecule has 1 heterocycles. The van der Waals surface area contributed by atoms with Crippen molar-refractivity contribution in [3.8, 4) is 0 Å². The molecule has 0 aliphatic carbocycles. The Hall–Kier alpha value is -2.01. The minimum Gasteiger partial charge on any atom is -0.397 e. The summed E-state index contributed by atoms with van der Waals surface area (Å²) in [5.74, 6) is -0.456. The summed E-state index contributed by atoms with van der Waals surface area (Å²) in [5, 5.41) is 3.31. The van der Waals surface area contributed by atoms with E-state index in [1.165, 1.54) is 9.75 Å². The molecule has 1 atom stereocenters. The van der Waals surface area contributed by atoms with Crippen molar-refractivity contribution in [2.45, 2.75) is 19.9 Å². The zero-order chi connectivity index (χ0) is 14.0. The molecule has 1 aromatic carbocycles. The minimum atomic E-state index is -0.456. The number of hydrogen-bond acceptors (Lipinski definition) is 4. The zero-order valence-corrected chi connectivity index (χ0v) is 11.8. The van der Waals surface area contributed by atoms with Crippen LogP contribution in [0.1, 0.15) is 33.1 Å². The second-order valence-corrected chi connectivity index (χ2v) is 5.80. The highest BCUT2D eigenvalue weighted by molar-refractivity contribution is 7.12. The summed E-state index contributed by atoms with van der Waals surface area (Å²) in [6.07, 6.45) is 0. The Labute approximate surface area is 116 Å². The van der Waals surface area contributed by atoms with E-state index in [9.17, 15) is 4.79 Å². The Morgan fingerprint density at radius 1 is 1.32 bits per heavy atom. The van der Waals surface area contributed by atoms with Crippen LogP contribution in [0.4, 0.5) is 11.4 Å². The van der Waals surface area contributed by atoms with Crippen molar-refractivity contribution < 1.29 is 4.79 Å². The number of thiophene rings is 1. The Balaban J connectivity index is 2.22. The zero-order valence-electron chi connectivity index (χ0n) is 10.9. The number of carbonyl (C=O) groups excluding carboxylic acids is 1. The predicted octanol–water partition coefficient (Wildman–Crippen LogP) is 2.91. The Morgan fingerprint density at radius 3 is 2.63 bits per heavy atom. The first kappa shape index (κ1) is 13.4. The molecule has 0 radical (unpaired) electrons. The van der Waals surface area contributed by atoms with Crippen LogP contribution in [0, 0.1) is 6.92 Å². The second-order valence-electron chi connectivity index (χ2n) is 4.48. The van der Waals surface area contributed by atoms with E-state index < -0.39 is 5.91 Å². The monoisotopic (exact) mass is 275 g/mol. The van der Waals surface area contributed by atoms with Gasteiger partial charge >= 0.3 is 0 Å². The molecule has 0 aliphatic heterocycles. The SMILES string of the molecule is Cc1ccc(C(C)Nc2cc(C(N)=O)ccc2N)s1. The maximum absolute atomic E-state index is 11.2. The van der Waals surface area contributed by atoms with Crippen LogP contribution in [0.3, 0.4) is 0 Å². The van der Waals surface area contributed by atoms with Crippen LogP contribution in [0.5, 0.6) is 0 Å². The lowest BCUT2D eigenvalue weighted by atomic mass is 10.1. The average molecular weight is 275 g/mol. The number of nitrogens with two attached hydrogens (primary N) is 2. The normalized spacial score (nSPS) is 12.1. The molecule has 0 saturated heterocycles. The molecule has 0 aliphatic rings. The molecule has 0 saturated carbocycles. The molecule has 4 nitrogen and oxygen atoms in total. The van der Waals surface area contributed by atoms with Crippen LogP contribution in [0.15, 0.2) is 30.3 Å². The molecule has 100 valence electrons. The third-order valence-electron chi connectivity index (χ3n) is 2.90. The Kier molecular flexibility index (Phi) is 3.76. The average Bonchev–Trinajstić information content (AvgIpc) is 2.78. The van der Waals surface area contributed by atoms with Gasteiger partial charge in [0.05, 0.1) is 17.4 Å². The quantitative estimate of drug-likeness (QED) is 0.750. The predicted molar refractivity (Wildman–Crippen MR) is 80.5 cm³/mol. The molecule has 19 heavy (non-hydrogen) atoms. The van der Waals surface area contributed by atoms with Crippen LogP contribution in [-0.4, -0.2) is 5.91 Å². The number of amides is 1. The van der Waals surface area contributed by atoms with Crippen LogP contribution < -0.4 is 16.8 Å². The number of nitrogen functional groups attached to an aromatic ring is 1. The standard InChI is InChI=1S/C14H17N3OS/c1-8-3-6-13(19-8)9(2)17-12-7-10(14(16)18)4-5-11(12)15/h3-7,9,17H,15H2,1-2H3,(H2,16,18). The van der Waals surface area contributed by atoms with Crippen LogP contribution in [-0.2, 0) is 0 Å². The molecule has 5 heteroatoms. The van der Waals surface area contributed by atoms with Crippen LogP contribution in [0.2, 0.25) is 0 Å². The number of hydrogen-bond donors (Lipinski definition) is 3. The van der Waals surface area contributed by atoms with Crippen molar-refractivity contribution >= 4 is 28.6 Å². The van der Waals surface area contributed by atoms with Crippen molar-refractivity contribution in [2.24, 2.45) is 5.73 Å². The lowest BCUT2D eigenvalue weighted by Crippen LogP contribution is -2.13. The third kappa shape index (κ3) is 3.06. The van der Waals surface area contributed by atoms with Gasteiger partial charge in [0, 0.05) is 15.3 Å². The smallest absolute Gasteiger partial charge is 0.248 e. The van der Waals surface area contributed by atoms with Gasteiger partial charge in [-0.15, -0.1) is 11.3 Å². The van der Waals surface area contributed by atoms with Crippen LogP contribution >= 0.6 is 11.3 Å². The first-order valence-electron chi connectivity index (χ1n) is 5.99. The van der Waals surface area contributed by atoms with E-state index in [4.69, 9.17) is 11.5 Å². The lowest BCUT2D eigenvalue weighted by Gasteiger charge is -2.16. The topological polar surface area (TPSA) is 81.1 Å². The van der Waals surface area contributed by atoms with E-state index in [1.807, 2.05) is 0 Å². The van der Waals surface area contributed by atoms with Crippen molar-refractivity contribution in [3.05, 3.63) is 45.6 Å². The summed E-state index contributed by atoms with van der Waals surface area (Å²) in [6, 6.07) is 9.31. The van der Waals surface area contributed by atoms with Gasteiger partial charge in [-0.25, -0.2) is 0 Å². The van der Waals surface area contributed by atoms with Gasteiger partial charge in [0.1, 0.15) is 0 Å². The highest BCUT2D eigenvalue weighted by atomic mass is 32.1. The van der Waals surface area contributed by atoms with Crippen molar-refractivity contribution in [1.29, 1.82) is 0 Å². The number of primary amides is 1. The first-order valence-corrected chi connectivity index (χ1v) is 6.81. The lowest BCUT2D eigenvalue weighted by molar-refractivity contribution is 0.100. The van der Waals surface area contributed by atoms with Gasteiger partial charge in [0.2, 0.25) is 5.91 Å². The number of nitrogens with one attached hydrogen (secondary N) is 1. The van der Waals surface area contributed by atoms with Crippen molar-refractivity contribution in [2.75, 3.05) is 11.1 Å². The summed E-state index contributed by atoms with van der Waals surface area (Å²) in [6.45, 7) is 4.13. The number of carbonyl (C=O) groups is 1. The minimum absolute atomic E-state index is 0.129. The molecular weight excluding hydrogens is 258 g/mol. The molecule has 2 aromatic rings. The molecule has 1 amide bonds. The third-order valence-corrected chi connectivity index (χ3v) is 4.08. The number of benzene rings is 1. The van der Waals surface area contributed by atoms with Crippen LogP contribution in [0.25, 0.3) is 0 Å². The summed E-state index contributed by atoms with van der Waals surface area (Å²) in [7, 11) is 0. The van der Waals surface area contributed by atoms with Gasteiger partial charge in [-0.1, -0.05) is 0 Å². The van der Waals surface area contributed by atoms with Gasteiger partial charge in [-0.2, -0.15) is 0 Å². The first-order chi connectivity index (χ1) is 8.97. The number of rotatable bonds is 4. The molecule has 1 aromatic heterocycles. The number of aryl methyl sites for hydroxylation is 1. The van der Waals surface area contributed by atoms with Gasteiger partial charge in [0.25, 0.3) is 0 Å². The fraction of sp³-hybridized carbons (Fsp3) is 0.214. The maximum Gasteiger partial charge on any atom is 0.248 e. The van der Waals surface area contributed by atoms with E-state index in [0.29, 0.717) is 11.3 Å². The maximum atomic E-state index is 11.2. The van der Waals surface area contributed by atoms with Gasteiger partial charge in [-0.3, -0.25) is 4.79 Å². The van der Waals surface area contributed by atoms with E-state index >= 15 is 0 Å². The molecule has 0 fully saturated rings. The fourth-order valence-corrected chi connectivity index (χ4v) is 2.70. The van der Waals surface area contributed by atoms with Crippen molar-refractivity contribution in [1.82, 2.24) is 0 Å². The molecule has 0 bridgehead atoms. The van der Waals surface area contributed by atoms with E-state index in [0.717, 1.165) is 5.69 Å². The van der Waals surface area contributed by atoms with E-state index in [-0.39, 0.29) is 6.04 Å². The fourth-order valence-electron chi connectivity index (χ4n) is 1.83. The summed E-state index contributed by atoms with van der Waals surface area (Å²) in [5.41, 5.74) is 13.0. The van der Waals surface area contributed by atoms with E-state index in [1.54, 1.807) is 29.5 Å². The summed E-state index contributed by atoms with van der Waals surface area (Å²) in [4.78, 5) is 13.7. The summed E-state index contributed by atoms with van der Waals surface area (Å²) < 4.78 is 0. The molecule has 1 unspecified atom stereocenters. The molecule has 5 N–H and O–H groups in total. The highest BCUT2D eigenvalue weighted by Crippen LogP contribution is 2.28. The largest absolute Gasteiger partial charge is 0.397 e.